The van der Waals surface area contributed by atoms with Crippen LogP contribution < -0.4 is 5.32 Å². The molecule has 0 radical (unpaired) electrons. The van der Waals surface area contributed by atoms with E-state index in [9.17, 15) is 5.21 Å². The maximum absolute atomic E-state index is 12.7. The summed E-state index contributed by atoms with van der Waals surface area (Å²) in [6.07, 6.45) is 7.09. The molecule has 24 heavy (non-hydrogen) atoms. The predicted molar refractivity (Wildman–Crippen MR) is 91.4 cm³/mol. The highest BCUT2D eigenvalue weighted by Gasteiger charge is 2.56. The molecule has 2 aromatic heterocycles. The number of hydrogen-bond donors (Lipinski definition) is 1. The zero-order chi connectivity index (χ0) is 16.4. The van der Waals surface area contributed by atoms with E-state index in [1.165, 1.54) is 0 Å². The molecule has 6 heterocycles. The quantitative estimate of drug-likeness (QED) is 0.590. The van der Waals surface area contributed by atoms with Crippen molar-refractivity contribution in [3.8, 4) is 0 Å². The Morgan fingerprint density at radius 3 is 3.00 bits per heavy atom. The number of nitrogens with zero attached hydrogens (tertiary/aromatic N) is 5. The van der Waals surface area contributed by atoms with Gasteiger partial charge in [0.25, 0.3) is 6.02 Å². The van der Waals surface area contributed by atoms with E-state index in [-0.39, 0.29) is 4.65 Å². The topological polar surface area (TPSA) is 86.9 Å². The van der Waals surface area contributed by atoms with E-state index >= 15 is 0 Å². The summed E-state index contributed by atoms with van der Waals surface area (Å²) in [5.74, 6) is 1.00. The third-order valence-corrected chi connectivity index (χ3v) is 6.06. The Morgan fingerprint density at radius 1 is 1.38 bits per heavy atom. The molecule has 0 aromatic carbocycles. The van der Waals surface area contributed by atoms with Gasteiger partial charge in [0.15, 0.2) is 17.1 Å². The Kier molecular flexibility index (Phi) is 2.98. The van der Waals surface area contributed by atoms with Crippen molar-refractivity contribution in [2.24, 2.45) is 10.9 Å². The Balaban J connectivity index is 1.40. The summed E-state index contributed by atoms with van der Waals surface area (Å²) in [5, 5.41) is 15.8. The Hall–Kier alpha value is -1.71. The first-order chi connectivity index (χ1) is 11.6. The van der Waals surface area contributed by atoms with Gasteiger partial charge in [-0.05, 0) is 15.9 Å². The zero-order valence-electron chi connectivity index (χ0n) is 13.0. The Labute approximate surface area is 146 Å². The van der Waals surface area contributed by atoms with Gasteiger partial charge in [-0.2, -0.15) is 0 Å². The van der Waals surface area contributed by atoms with Gasteiger partial charge in [0, 0.05) is 31.2 Å². The molecule has 0 aliphatic carbocycles. The van der Waals surface area contributed by atoms with Crippen LogP contribution in [0.25, 0.3) is 5.65 Å². The molecule has 126 valence electrons. The second-order valence-corrected chi connectivity index (χ2v) is 7.71. The first kappa shape index (κ1) is 14.6. The van der Waals surface area contributed by atoms with E-state index in [2.05, 4.69) is 36.2 Å². The largest absolute Gasteiger partial charge is 0.633 e. The van der Waals surface area contributed by atoms with Gasteiger partial charge in [-0.15, -0.1) is 0 Å². The fourth-order valence-electron chi connectivity index (χ4n) is 4.24. The minimum absolute atomic E-state index is 0.139. The van der Waals surface area contributed by atoms with Gasteiger partial charge < -0.3 is 14.6 Å². The number of hydroxylamine groups is 3. The third-order valence-electron chi connectivity index (χ3n) is 5.47. The molecule has 3 fully saturated rings. The number of fused-ring (bicyclic) bond motifs is 3. The van der Waals surface area contributed by atoms with Crippen molar-refractivity contribution >= 4 is 33.4 Å². The molecular formula is C15H17BrN6O2. The fraction of sp³-hybridized carbons (Fsp3) is 0.533. The van der Waals surface area contributed by atoms with Crippen LogP contribution in [-0.2, 0) is 4.74 Å². The number of anilines is 1. The molecule has 1 atom stereocenters. The van der Waals surface area contributed by atoms with Crippen LogP contribution in [0.4, 0.5) is 5.82 Å². The number of piperidine rings is 3. The summed E-state index contributed by atoms with van der Waals surface area (Å²) in [4.78, 5) is 13.2. The van der Waals surface area contributed by atoms with Crippen molar-refractivity contribution in [1.82, 2.24) is 14.4 Å². The number of imidazole rings is 1. The highest BCUT2D eigenvalue weighted by Crippen LogP contribution is 2.44. The van der Waals surface area contributed by atoms with Gasteiger partial charge in [-0.1, -0.05) is 0 Å². The average molecular weight is 393 g/mol. The van der Waals surface area contributed by atoms with Crippen molar-refractivity contribution in [1.29, 1.82) is 0 Å². The molecule has 8 nitrogen and oxygen atoms in total. The number of ether oxygens (including phenoxy) is 1. The minimum Gasteiger partial charge on any atom is -0.633 e. The van der Waals surface area contributed by atoms with Crippen molar-refractivity contribution in [3.63, 3.8) is 0 Å². The number of hydrogen-bond acceptors (Lipinski definition) is 6. The van der Waals surface area contributed by atoms with Gasteiger partial charge in [0.2, 0.25) is 0 Å². The summed E-state index contributed by atoms with van der Waals surface area (Å²) in [6, 6.07) is 0.440. The molecule has 2 aromatic rings. The van der Waals surface area contributed by atoms with Crippen LogP contribution in [0.15, 0.2) is 28.2 Å². The zero-order valence-corrected chi connectivity index (χ0v) is 14.6. The van der Waals surface area contributed by atoms with Gasteiger partial charge >= 0.3 is 0 Å². The molecule has 1 N–H and O–H groups in total. The average Bonchev–Trinajstić information content (AvgIpc) is 3.13. The smallest absolute Gasteiger partial charge is 0.291 e. The molecule has 6 rings (SSSR count). The Morgan fingerprint density at radius 2 is 2.21 bits per heavy atom. The van der Waals surface area contributed by atoms with E-state index in [0.717, 1.165) is 17.4 Å². The second-order valence-electron chi connectivity index (χ2n) is 6.90. The number of halogens is 1. The van der Waals surface area contributed by atoms with Crippen LogP contribution in [0.1, 0.15) is 12.8 Å². The first-order valence-electron chi connectivity index (χ1n) is 8.12. The van der Waals surface area contributed by atoms with Gasteiger partial charge in [-0.3, -0.25) is 9.72 Å². The van der Waals surface area contributed by atoms with Gasteiger partial charge in [0.05, 0.1) is 25.8 Å². The summed E-state index contributed by atoms with van der Waals surface area (Å²) >= 11 is 3.45. The Bertz CT molecular complexity index is 844. The van der Waals surface area contributed by atoms with Gasteiger partial charge in [-0.25, -0.2) is 15.0 Å². The lowest BCUT2D eigenvalue weighted by Crippen LogP contribution is -2.67. The van der Waals surface area contributed by atoms with Crippen LogP contribution in [0, 0.1) is 11.1 Å². The molecule has 2 bridgehead atoms. The number of aromatic nitrogens is 3. The normalized spacial score (nSPS) is 34.6. The molecule has 0 saturated carbocycles. The molecule has 4 aliphatic heterocycles. The summed E-state index contributed by atoms with van der Waals surface area (Å²) in [7, 11) is 0. The lowest BCUT2D eigenvalue weighted by molar-refractivity contribution is -0.905. The molecule has 0 unspecified atom stereocenters. The standard InChI is InChI=1S/C15H17BrN6O2/c16-11-7-18-13-12(17-3-4-21(11)13)20-14-19-8-15(24-14)9-22(23)5-1-10(15)2-6-22/h3-4,7,10H,1-2,5-6,8-9H2,(H,17,19,20)/t10?,15-,22?/m0/s1. The second kappa shape index (κ2) is 4.90. The minimum atomic E-state index is -0.443. The number of quaternary nitrogens is 1. The van der Waals surface area contributed by atoms with Gasteiger partial charge in [0.1, 0.15) is 11.1 Å². The first-order valence-corrected chi connectivity index (χ1v) is 8.91. The molecule has 9 heteroatoms. The van der Waals surface area contributed by atoms with E-state index < -0.39 is 5.60 Å². The number of nitrogens with one attached hydrogen (secondary N) is 1. The fourth-order valence-corrected chi connectivity index (χ4v) is 4.63. The van der Waals surface area contributed by atoms with Crippen molar-refractivity contribution in [2.75, 3.05) is 31.5 Å². The number of amidine groups is 1. The monoisotopic (exact) mass is 392 g/mol. The summed E-state index contributed by atoms with van der Waals surface area (Å²) in [6.45, 7) is 2.46. The maximum atomic E-state index is 12.7. The molecule has 1 spiro atoms. The molecular weight excluding hydrogens is 376 g/mol. The number of aliphatic imine (C=N–C) groups is 1. The van der Waals surface area contributed by atoms with Crippen LogP contribution in [-0.4, -0.2) is 56.8 Å². The van der Waals surface area contributed by atoms with Crippen molar-refractivity contribution in [2.45, 2.75) is 18.4 Å². The summed E-state index contributed by atoms with van der Waals surface area (Å²) < 4.78 is 8.78. The van der Waals surface area contributed by atoms with Crippen LogP contribution in [0.2, 0.25) is 0 Å². The molecule has 3 saturated heterocycles. The number of rotatable bonds is 1. The highest BCUT2D eigenvalue weighted by atomic mass is 79.9. The van der Waals surface area contributed by atoms with E-state index in [1.54, 1.807) is 12.4 Å². The van der Waals surface area contributed by atoms with E-state index in [0.29, 0.717) is 49.6 Å². The van der Waals surface area contributed by atoms with Crippen molar-refractivity contribution in [3.05, 3.63) is 28.4 Å². The molecule has 0 amide bonds. The lowest BCUT2D eigenvalue weighted by atomic mass is 9.75. The lowest BCUT2D eigenvalue weighted by Gasteiger charge is -2.58. The predicted octanol–water partition coefficient (Wildman–Crippen LogP) is 1.77. The highest BCUT2D eigenvalue weighted by molar-refractivity contribution is 9.10. The summed E-state index contributed by atoms with van der Waals surface area (Å²) in [5.41, 5.74) is 0.250. The molecule has 4 aliphatic rings. The maximum Gasteiger partial charge on any atom is 0.291 e. The van der Waals surface area contributed by atoms with Crippen LogP contribution >= 0.6 is 15.9 Å². The van der Waals surface area contributed by atoms with Crippen LogP contribution in [0.5, 0.6) is 0 Å². The van der Waals surface area contributed by atoms with Crippen molar-refractivity contribution < 1.29 is 9.38 Å². The third kappa shape index (κ3) is 2.08. The van der Waals surface area contributed by atoms with E-state index in [1.807, 2.05) is 10.6 Å². The van der Waals surface area contributed by atoms with E-state index in [4.69, 9.17) is 4.74 Å². The van der Waals surface area contributed by atoms with Crippen LogP contribution in [0.3, 0.4) is 0 Å². The SMILES string of the molecule is [O-][N+]12CCC(CC1)[C@]1(CN=C(Nc3nccn4c(Br)cnc34)O1)C2.